The van der Waals surface area contributed by atoms with Gasteiger partial charge in [0.15, 0.2) is 0 Å². The number of hydrogen-bond donors (Lipinski definition) is 1. The maximum absolute atomic E-state index is 9.07. The number of nitrogens with zero attached hydrogens (tertiary/aromatic N) is 2. The van der Waals surface area contributed by atoms with Crippen LogP contribution < -0.4 is 4.90 Å². The largest absolute Gasteiger partial charge is 0.392 e. The average molecular weight is 246 g/mol. The molecule has 3 rings (SSSR count). The maximum atomic E-state index is 9.07. The van der Waals surface area contributed by atoms with E-state index in [-0.39, 0.29) is 6.61 Å². The van der Waals surface area contributed by atoms with Crippen LogP contribution in [0.15, 0.2) is 24.3 Å². The highest BCUT2D eigenvalue weighted by Gasteiger charge is 2.28. The number of piperidine rings is 1. The van der Waals surface area contributed by atoms with Gasteiger partial charge in [-0.2, -0.15) is 0 Å². The zero-order valence-electron chi connectivity index (χ0n) is 10.9. The molecule has 98 valence electrons. The number of piperazine rings is 1. The minimum Gasteiger partial charge on any atom is -0.392 e. The molecule has 2 aliphatic rings. The van der Waals surface area contributed by atoms with E-state index in [1.54, 1.807) is 0 Å². The van der Waals surface area contributed by atoms with E-state index in [0.29, 0.717) is 0 Å². The van der Waals surface area contributed by atoms with Gasteiger partial charge in [-0.25, -0.2) is 0 Å². The van der Waals surface area contributed by atoms with Gasteiger partial charge < -0.3 is 10.0 Å². The van der Waals surface area contributed by atoms with Crippen LogP contribution in [0.5, 0.6) is 0 Å². The van der Waals surface area contributed by atoms with Crippen LogP contribution in [0.4, 0.5) is 5.69 Å². The zero-order chi connectivity index (χ0) is 12.4. The number of hydrogen-bond acceptors (Lipinski definition) is 3. The van der Waals surface area contributed by atoms with Crippen LogP contribution >= 0.6 is 0 Å². The smallest absolute Gasteiger partial charge is 0.0681 e. The van der Waals surface area contributed by atoms with Gasteiger partial charge in [0.1, 0.15) is 0 Å². The van der Waals surface area contributed by atoms with Crippen molar-refractivity contribution in [1.82, 2.24) is 4.90 Å². The van der Waals surface area contributed by atoms with Crippen molar-refractivity contribution in [3.63, 3.8) is 0 Å². The Hall–Kier alpha value is -1.06. The Morgan fingerprint density at radius 1 is 1.06 bits per heavy atom. The monoisotopic (exact) mass is 246 g/mol. The summed E-state index contributed by atoms with van der Waals surface area (Å²) in [5, 5.41) is 9.07. The van der Waals surface area contributed by atoms with Gasteiger partial charge in [-0.05, 0) is 37.1 Å². The van der Waals surface area contributed by atoms with Crippen molar-refractivity contribution in [3.05, 3.63) is 29.8 Å². The molecule has 2 heterocycles. The molecule has 1 N–H and O–H groups in total. The van der Waals surface area contributed by atoms with Gasteiger partial charge in [-0.15, -0.1) is 0 Å². The Labute approximate surface area is 109 Å². The fourth-order valence-electron chi connectivity index (χ4n) is 3.20. The van der Waals surface area contributed by atoms with Crippen LogP contribution in [0.3, 0.4) is 0 Å². The average Bonchev–Trinajstić information content (AvgIpc) is 2.47. The first-order chi connectivity index (χ1) is 8.86. The molecule has 0 aliphatic carbocycles. The third-order valence-corrected chi connectivity index (χ3v) is 4.32. The third kappa shape index (κ3) is 2.38. The zero-order valence-corrected chi connectivity index (χ0v) is 10.9. The Morgan fingerprint density at radius 3 is 2.67 bits per heavy atom. The Morgan fingerprint density at radius 2 is 1.89 bits per heavy atom. The molecule has 0 aromatic heterocycles. The van der Waals surface area contributed by atoms with Gasteiger partial charge in [0.2, 0.25) is 0 Å². The lowest BCUT2D eigenvalue weighted by Crippen LogP contribution is -2.54. The Bertz CT molecular complexity index is 390. The summed E-state index contributed by atoms with van der Waals surface area (Å²) in [4.78, 5) is 5.15. The molecule has 0 amide bonds. The molecule has 0 radical (unpaired) electrons. The Kier molecular flexibility index (Phi) is 3.52. The molecule has 1 aromatic rings. The summed E-state index contributed by atoms with van der Waals surface area (Å²) < 4.78 is 0. The fraction of sp³-hybridized carbons (Fsp3) is 0.600. The highest BCUT2D eigenvalue weighted by Crippen LogP contribution is 2.25. The summed E-state index contributed by atoms with van der Waals surface area (Å²) in [6.07, 6.45) is 4.12. The van der Waals surface area contributed by atoms with Crippen molar-refractivity contribution < 1.29 is 5.11 Å². The molecule has 1 unspecified atom stereocenters. The summed E-state index contributed by atoms with van der Waals surface area (Å²) in [6, 6.07) is 9.10. The molecule has 1 atom stereocenters. The first kappa shape index (κ1) is 12.0. The maximum Gasteiger partial charge on any atom is 0.0681 e. The van der Waals surface area contributed by atoms with Crippen LogP contribution in [0.1, 0.15) is 24.8 Å². The highest BCUT2D eigenvalue weighted by molar-refractivity contribution is 5.48. The van der Waals surface area contributed by atoms with Gasteiger partial charge in [-0.3, -0.25) is 4.90 Å². The molecule has 1 aromatic carbocycles. The minimum absolute atomic E-state index is 0.136. The number of aliphatic hydroxyl groups excluding tert-OH is 1. The molecule has 2 saturated heterocycles. The number of aliphatic hydroxyl groups is 1. The first-order valence-electron chi connectivity index (χ1n) is 7.05. The molecule has 0 bridgehead atoms. The molecule has 18 heavy (non-hydrogen) atoms. The van der Waals surface area contributed by atoms with E-state index in [1.165, 1.54) is 44.6 Å². The fourth-order valence-corrected chi connectivity index (χ4v) is 3.20. The van der Waals surface area contributed by atoms with Gasteiger partial charge in [0.05, 0.1) is 6.61 Å². The second-order valence-electron chi connectivity index (χ2n) is 5.46. The molecule has 3 nitrogen and oxygen atoms in total. The van der Waals surface area contributed by atoms with Gasteiger partial charge >= 0.3 is 0 Å². The third-order valence-electron chi connectivity index (χ3n) is 4.32. The van der Waals surface area contributed by atoms with Crippen LogP contribution in [0, 0.1) is 0 Å². The molecule has 2 fully saturated rings. The van der Waals surface area contributed by atoms with Crippen LogP contribution in [0.25, 0.3) is 0 Å². The minimum atomic E-state index is 0.136. The van der Waals surface area contributed by atoms with E-state index in [4.69, 9.17) is 5.11 Å². The standard InChI is InChI=1S/C15H22N2O/c18-12-13-4-6-14(7-5-13)17-10-9-16-8-2-1-3-15(16)11-17/h4-7,15,18H,1-3,8-12H2. The van der Waals surface area contributed by atoms with E-state index >= 15 is 0 Å². The molecule has 2 aliphatic heterocycles. The van der Waals surface area contributed by atoms with Crippen molar-refractivity contribution in [2.45, 2.75) is 31.9 Å². The summed E-state index contributed by atoms with van der Waals surface area (Å²) in [5.41, 5.74) is 2.30. The number of anilines is 1. The number of fused-ring (bicyclic) bond motifs is 1. The predicted molar refractivity (Wildman–Crippen MR) is 73.8 cm³/mol. The van der Waals surface area contributed by atoms with Gasteiger partial charge in [0.25, 0.3) is 0 Å². The lowest BCUT2D eigenvalue weighted by Gasteiger charge is -2.45. The van der Waals surface area contributed by atoms with E-state index < -0.39 is 0 Å². The van der Waals surface area contributed by atoms with Crippen LogP contribution in [-0.2, 0) is 6.61 Å². The first-order valence-corrected chi connectivity index (χ1v) is 7.05. The number of benzene rings is 1. The van der Waals surface area contributed by atoms with Crippen LogP contribution in [-0.4, -0.2) is 42.2 Å². The van der Waals surface area contributed by atoms with Crippen molar-refractivity contribution >= 4 is 5.69 Å². The van der Waals surface area contributed by atoms with E-state index in [1.807, 2.05) is 12.1 Å². The number of rotatable bonds is 2. The molecule has 0 saturated carbocycles. The lowest BCUT2D eigenvalue weighted by atomic mass is 9.99. The molecule has 3 heteroatoms. The summed E-state index contributed by atoms with van der Waals surface area (Å²) in [6.45, 7) is 4.93. The highest BCUT2D eigenvalue weighted by atomic mass is 16.3. The van der Waals surface area contributed by atoms with Gasteiger partial charge in [0, 0.05) is 31.4 Å². The van der Waals surface area contributed by atoms with Gasteiger partial charge in [-0.1, -0.05) is 18.6 Å². The quantitative estimate of drug-likeness (QED) is 0.863. The van der Waals surface area contributed by atoms with Crippen molar-refractivity contribution in [1.29, 1.82) is 0 Å². The predicted octanol–water partition coefficient (Wildman–Crippen LogP) is 1.85. The second-order valence-corrected chi connectivity index (χ2v) is 5.46. The molecular formula is C15H22N2O. The summed E-state index contributed by atoms with van der Waals surface area (Å²) >= 11 is 0. The molecule has 0 spiro atoms. The Balaban J connectivity index is 1.69. The summed E-state index contributed by atoms with van der Waals surface area (Å²) in [7, 11) is 0. The van der Waals surface area contributed by atoms with Crippen LogP contribution in [0.2, 0.25) is 0 Å². The van der Waals surface area contributed by atoms with Crippen molar-refractivity contribution in [3.8, 4) is 0 Å². The van der Waals surface area contributed by atoms with E-state index in [9.17, 15) is 0 Å². The van der Waals surface area contributed by atoms with E-state index in [2.05, 4.69) is 21.9 Å². The normalized spacial score (nSPS) is 24.9. The second kappa shape index (κ2) is 5.29. The van der Waals surface area contributed by atoms with Crippen molar-refractivity contribution in [2.24, 2.45) is 0 Å². The molecular weight excluding hydrogens is 224 g/mol. The van der Waals surface area contributed by atoms with E-state index in [0.717, 1.165) is 18.2 Å². The SMILES string of the molecule is OCc1ccc(N2CCN3CCCCC3C2)cc1. The van der Waals surface area contributed by atoms with Crippen molar-refractivity contribution in [2.75, 3.05) is 31.1 Å². The topological polar surface area (TPSA) is 26.7 Å². The lowest BCUT2D eigenvalue weighted by molar-refractivity contribution is 0.133. The summed E-state index contributed by atoms with van der Waals surface area (Å²) in [5.74, 6) is 0.